The Morgan fingerprint density at radius 1 is 0.857 bits per heavy atom. The van der Waals surface area contributed by atoms with Gasteiger partial charge in [-0.2, -0.15) is 0 Å². The van der Waals surface area contributed by atoms with Crippen LogP contribution in [0.15, 0.2) is 54.6 Å². The number of benzene rings is 2. The van der Waals surface area contributed by atoms with E-state index in [0.29, 0.717) is 0 Å². The molecule has 2 aromatic carbocycles. The standard InChI is InChI=1S/C20H23N/c1-3-4-10-15-21-16(2)20(17-11-6-5-7-12-17)18-13-8-9-14-19(18)21/h5-9,11-14H,3-4,10,15H2,1-2H3. The lowest BCUT2D eigenvalue weighted by Gasteiger charge is -2.08. The van der Waals surface area contributed by atoms with E-state index in [-0.39, 0.29) is 0 Å². The first-order chi connectivity index (χ1) is 10.3. The van der Waals surface area contributed by atoms with E-state index in [1.807, 2.05) is 0 Å². The molecule has 3 aromatic rings. The molecule has 0 atom stereocenters. The van der Waals surface area contributed by atoms with Crippen LogP contribution >= 0.6 is 0 Å². The monoisotopic (exact) mass is 277 g/mol. The van der Waals surface area contributed by atoms with Crippen LogP contribution in [-0.4, -0.2) is 4.57 Å². The first-order valence-corrected chi connectivity index (χ1v) is 7.96. The van der Waals surface area contributed by atoms with Gasteiger partial charge < -0.3 is 4.57 Å². The van der Waals surface area contributed by atoms with Crippen molar-refractivity contribution in [2.75, 3.05) is 0 Å². The maximum Gasteiger partial charge on any atom is 0.0488 e. The van der Waals surface area contributed by atoms with E-state index < -0.39 is 0 Å². The second-order valence-corrected chi connectivity index (χ2v) is 5.70. The summed E-state index contributed by atoms with van der Waals surface area (Å²) < 4.78 is 2.49. The van der Waals surface area contributed by atoms with Gasteiger partial charge in [0.2, 0.25) is 0 Å². The van der Waals surface area contributed by atoms with E-state index >= 15 is 0 Å². The number of para-hydroxylation sites is 1. The second kappa shape index (κ2) is 6.17. The summed E-state index contributed by atoms with van der Waals surface area (Å²) in [4.78, 5) is 0. The summed E-state index contributed by atoms with van der Waals surface area (Å²) in [6.07, 6.45) is 3.82. The fraction of sp³-hybridized carbons (Fsp3) is 0.300. The maximum absolute atomic E-state index is 2.49. The Labute approximate surface area is 127 Å². The van der Waals surface area contributed by atoms with Crippen molar-refractivity contribution in [3.05, 3.63) is 60.3 Å². The minimum absolute atomic E-state index is 1.12. The van der Waals surface area contributed by atoms with E-state index in [0.717, 1.165) is 6.54 Å². The van der Waals surface area contributed by atoms with Gasteiger partial charge in [-0.15, -0.1) is 0 Å². The van der Waals surface area contributed by atoms with Crippen molar-refractivity contribution in [3.63, 3.8) is 0 Å². The summed E-state index contributed by atoms with van der Waals surface area (Å²) in [5, 5.41) is 1.37. The zero-order chi connectivity index (χ0) is 14.7. The molecule has 1 heterocycles. The number of unbranched alkanes of at least 4 members (excludes halogenated alkanes) is 2. The third-order valence-corrected chi connectivity index (χ3v) is 4.28. The van der Waals surface area contributed by atoms with Crippen molar-refractivity contribution in [1.29, 1.82) is 0 Å². The van der Waals surface area contributed by atoms with E-state index in [2.05, 4.69) is 73.0 Å². The Kier molecular flexibility index (Phi) is 4.10. The van der Waals surface area contributed by atoms with Gasteiger partial charge in [-0.25, -0.2) is 0 Å². The Bertz CT molecular complexity index is 722. The van der Waals surface area contributed by atoms with Gasteiger partial charge in [0.25, 0.3) is 0 Å². The highest BCUT2D eigenvalue weighted by molar-refractivity contribution is 5.98. The molecule has 1 nitrogen and oxygen atoms in total. The molecule has 0 N–H and O–H groups in total. The van der Waals surface area contributed by atoms with Crippen LogP contribution in [0.1, 0.15) is 31.9 Å². The highest BCUT2D eigenvalue weighted by Gasteiger charge is 2.14. The van der Waals surface area contributed by atoms with Gasteiger partial charge in [0.15, 0.2) is 0 Å². The minimum Gasteiger partial charge on any atom is -0.344 e. The number of hydrogen-bond donors (Lipinski definition) is 0. The van der Waals surface area contributed by atoms with E-state index in [1.54, 1.807) is 0 Å². The number of fused-ring (bicyclic) bond motifs is 1. The molecule has 1 heteroatoms. The molecule has 0 aliphatic heterocycles. The lowest BCUT2D eigenvalue weighted by atomic mass is 10.0. The van der Waals surface area contributed by atoms with Gasteiger partial charge in [0, 0.05) is 28.7 Å². The molecular weight excluding hydrogens is 254 g/mol. The van der Waals surface area contributed by atoms with Gasteiger partial charge in [-0.3, -0.25) is 0 Å². The topological polar surface area (TPSA) is 4.93 Å². The van der Waals surface area contributed by atoms with Crippen LogP contribution in [0.3, 0.4) is 0 Å². The zero-order valence-electron chi connectivity index (χ0n) is 13.0. The number of nitrogens with zero attached hydrogens (tertiary/aromatic N) is 1. The molecule has 0 aliphatic rings. The number of hydrogen-bond acceptors (Lipinski definition) is 0. The Morgan fingerprint density at radius 2 is 1.57 bits per heavy atom. The molecule has 0 saturated carbocycles. The third-order valence-electron chi connectivity index (χ3n) is 4.28. The third kappa shape index (κ3) is 2.61. The molecule has 108 valence electrons. The number of rotatable bonds is 5. The van der Waals surface area contributed by atoms with Crippen LogP contribution in [0.2, 0.25) is 0 Å². The van der Waals surface area contributed by atoms with Crippen LogP contribution in [0.4, 0.5) is 0 Å². The Balaban J connectivity index is 2.14. The molecule has 0 aliphatic carbocycles. The number of aryl methyl sites for hydroxylation is 1. The average Bonchev–Trinajstić information content (AvgIpc) is 2.81. The quantitative estimate of drug-likeness (QED) is 0.519. The van der Waals surface area contributed by atoms with Crippen molar-refractivity contribution in [2.45, 2.75) is 39.7 Å². The molecule has 3 rings (SSSR count). The molecular formula is C20H23N. The first-order valence-electron chi connectivity index (χ1n) is 7.96. The summed E-state index contributed by atoms with van der Waals surface area (Å²) >= 11 is 0. The molecule has 0 saturated heterocycles. The van der Waals surface area contributed by atoms with Crippen molar-refractivity contribution in [1.82, 2.24) is 4.57 Å². The molecule has 0 spiro atoms. The maximum atomic E-state index is 2.49. The summed E-state index contributed by atoms with van der Waals surface area (Å²) in [5.74, 6) is 0. The van der Waals surface area contributed by atoms with E-state index in [9.17, 15) is 0 Å². The SMILES string of the molecule is CCCCCn1c(C)c(-c2ccccc2)c2ccccc21. The van der Waals surface area contributed by atoms with Crippen LogP contribution in [0.25, 0.3) is 22.0 Å². The zero-order valence-corrected chi connectivity index (χ0v) is 13.0. The predicted molar refractivity (Wildman–Crippen MR) is 91.6 cm³/mol. The lowest BCUT2D eigenvalue weighted by molar-refractivity contribution is 0.607. The molecule has 0 fully saturated rings. The van der Waals surface area contributed by atoms with Crippen LogP contribution < -0.4 is 0 Å². The minimum atomic E-state index is 1.12. The summed E-state index contributed by atoms with van der Waals surface area (Å²) in [5.41, 5.74) is 5.46. The first kappa shape index (κ1) is 13.9. The van der Waals surface area contributed by atoms with Crippen LogP contribution in [-0.2, 0) is 6.54 Å². The second-order valence-electron chi connectivity index (χ2n) is 5.70. The van der Waals surface area contributed by atoms with Gasteiger partial charge in [-0.05, 0) is 25.0 Å². The summed E-state index contributed by atoms with van der Waals surface area (Å²) in [6, 6.07) is 19.5. The van der Waals surface area contributed by atoms with Gasteiger partial charge in [-0.1, -0.05) is 68.3 Å². The molecule has 21 heavy (non-hydrogen) atoms. The van der Waals surface area contributed by atoms with Crippen molar-refractivity contribution in [2.24, 2.45) is 0 Å². The van der Waals surface area contributed by atoms with E-state index in [1.165, 1.54) is 47.0 Å². The molecule has 0 bridgehead atoms. The normalized spacial score (nSPS) is 11.1. The molecule has 0 amide bonds. The Hall–Kier alpha value is -2.02. The van der Waals surface area contributed by atoms with Crippen molar-refractivity contribution >= 4 is 10.9 Å². The Morgan fingerprint density at radius 3 is 2.33 bits per heavy atom. The highest BCUT2D eigenvalue weighted by Crippen LogP contribution is 2.34. The van der Waals surface area contributed by atoms with Crippen LogP contribution in [0.5, 0.6) is 0 Å². The number of aromatic nitrogens is 1. The van der Waals surface area contributed by atoms with Gasteiger partial charge >= 0.3 is 0 Å². The summed E-state index contributed by atoms with van der Waals surface area (Å²) in [6.45, 7) is 5.64. The fourth-order valence-corrected chi connectivity index (χ4v) is 3.21. The molecule has 1 aromatic heterocycles. The smallest absolute Gasteiger partial charge is 0.0488 e. The van der Waals surface area contributed by atoms with Gasteiger partial charge in [0.05, 0.1) is 0 Å². The van der Waals surface area contributed by atoms with Crippen molar-refractivity contribution in [3.8, 4) is 11.1 Å². The average molecular weight is 277 g/mol. The van der Waals surface area contributed by atoms with Crippen LogP contribution in [0, 0.1) is 6.92 Å². The van der Waals surface area contributed by atoms with Gasteiger partial charge in [0.1, 0.15) is 0 Å². The van der Waals surface area contributed by atoms with Crippen molar-refractivity contribution < 1.29 is 0 Å². The highest BCUT2D eigenvalue weighted by atomic mass is 15.0. The molecule has 0 radical (unpaired) electrons. The predicted octanol–water partition coefficient (Wildman–Crippen LogP) is 5.81. The largest absolute Gasteiger partial charge is 0.344 e. The fourth-order valence-electron chi connectivity index (χ4n) is 3.21. The lowest BCUT2D eigenvalue weighted by Crippen LogP contribution is -2.00. The summed E-state index contributed by atoms with van der Waals surface area (Å²) in [7, 11) is 0. The van der Waals surface area contributed by atoms with E-state index in [4.69, 9.17) is 0 Å². The molecule has 0 unspecified atom stereocenters.